The number of aromatic nitrogens is 3. The fraction of sp³-hybridized carbons (Fsp3) is 0.640. The van der Waals surface area contributed by atoms with Gasteiger partial charge in [-0.25, -0.2) is 4.39 Å². The van der Waals surface area contributed by atoms with E-state index in [1.165, 1.54) is 43.5 Å². The summed E-state index contributed by atoms with van der Waals surface area (Å²) in [5, 5.41) is 9.37. The summed E-state index contributed by atoms with van der Waals surface area (Å²) in [4.78, 5) is 14.9. The van der Waals surface area contributed by atoms with Crippen molar-refractivity contribution < 1.29 is 18.7 Å². The molecule has 5 atom stereocenters. The molecule has 3 aliphatic rings. The van der Waals surface area contributed by atoms with Gasteiger partial charge in [-0.1, -0.05) is 30.3 Å². The van der Waals surface area contributed by atoms with Crippen LogP contribution in [0.3, 0.4) is 0 Å². The molecular weight excluding hydrogens is 455 g/mol. The van der Waals surface area contributed by atoms with E-state index in [0.29, 0.717) is 38.0 Å². The highest BCUT2D eigenvalue weighted by Crippen LogP contribution is 2.52. The van der Waals surface area contributed by atoms with E-state index in [4.69, 9.17) is 9.47 Å². The van der Waals surface area contributed by atoms with Crippen LogP contribution in [0, 0.1) is 23.6 Å². The van der Waals surface area contributed by atoms with Gasteiger partial charge in [-0.15, -0.1) is 10.2 Å². The van der Waals surface area contributed by atoms with Gasteiger partial charge in [0.1, 0.15) is 6.61 Å². The first-order valence-electron chi connectivity index (χ1n) is 12.4. The lowest BCUT2D eigenvalue weighted by molar-refractivity contribution is -0.134. The van der Waals surface area contributed by atoms with Gasteiger partial charge in [-0.2, -0.15) is 0 Å². The molecule has 1 saturated heterocycles. The van der Waals surface area contributed by atoms with Crippen molar-refractivity contribution in [2.24, 2.45) is 17.8 Å². The predicted octanol–water partition coefficient (Wildman–Crippen LogP) is 4.33. The summed E-state index contributed by atoms with van der Waals surface area (Å²) in [7, 11) is 0. The number of hydrogen-bond donors (Lipinski definition) is 0. The van der Waals surface area contributed by atoms with Crippen molar-refractivity contribution in [3.63, 3.8) is 0 Å². The summed E-state index contributed by atoms with van der Waals surface area (Å²) in [6.07, 6.45) is 5.17. The first-order chi connectivity index (χ1) is 16.5. The third-order valence-corrected chi connectivity index (χ3v) is 8.75. The van der Waals surface area contributed by atoms with Gasteiger partial charge in [-0.3, -0.25) is 9.36 Å². The van der Waals surface area contributed by atoms with Crippen LogP contribution in [0.4, 0.5) is 4.39 Å². The molecule has 2 heterocycles. The molecule has 2 aliphatic carbocycles. The molecule has 0 N–H and O–H groups in total. The first kappa shape index (κ1) is 23.6. The lowest BCUT2D eigenvalue weighted by atomic mass is 9.84. The zero-order valence-corrected chi connectivity index (χ0v) is 20.7. The number of benzene rings is 1. The molecule has 0 radical (unpaired) electrons. The Morgan fingerprint density at radius 1 is 1.21 bits per heavy atom. The topological polar surface area (TPSA) is 69.5 Å². The van der Waals surface area contributed by atoms with Gasteiger partial charge < -0.3 is 14.4 Å². The van der Waals surface area contributed by atoms with Crippen molar-refractivity contribution in [2.75, 3.05) is 26.3 Å². The van der Waals surface area contributed by atoms with Gasteiger partial charge in [0.2, 0.25) is 5.91 Å². The maximum Gasteiger partial charge on any atom is 0.236 e. The molecule has 7 nitrogen and oxygen atoms in total. The summed E-state index contributed by atoms with van der Waals surface area (Å²) in [5.41, 5.74) is 0. The van der Waals surface area contributed by atoms with Crippen LogP contribution >= 0.6 is 11.8 Å². The highest BCUT2D eigenvalue weighted by Gasteiger charge is 2.43. The van der Waals surface area contributed by atoms with E-state index in [2.05, 4.69) is 21.7 Å². The average Bonchev–Trinajstić information content (AvgIpc) is 3.59. The van der Waals surface area contributed by atoms with E-state index in [0.717, 1.165) is 17.0 Å². The maximum absolute atomic E-state index is 14.1. The van der Waals surface area contributed by atoms with Crippen LogP contribution in [0.1, 0.15) is 51.4 Å². The molecule has 1 aliphatic heterocycles. The molecule has 5 rings (SSSR count). The molecule has 1 aromatic carbocycles. The minimum atomic E-state index is -0.394. The van der Waals surface area contributed by atoms with Crippen LogP contribution in [0.5, 0.6) is 5.75 Å². The zero-order valence-electron chi connectivity index (χ0n) is 19.9. The van der Waals surface area contributed by atoms with Gasteiger partial charge in [0, 0.05) is 19.1 Å². The molecule has 2 bridgehead atoms. The number of rotatable bonds is 8. The van der Waals surface area contributed by atoms with Gasteiger partial charge in [0.15, 0.2) is 22.5 Å². The Kier molecular flexibility index (Phi) is 7.11. The third kappa shape index (κ3) is 4.82. The highest BCUT2D eigenvalue weighted by atomic mass is 32.2. The van der Waals surface area contributed by atoms with E-state index >= 15 is 0 Å². The lowest BCUT2D eigenvalue weighted by Gasteiger charge is -2.31. The van der Waals surface area contributed by atoms with Crippen molar-refractivity contribution in [3.8, 4) is 5.75 Å². The second kappa shape index (κ2) is 10.2. The monoisotopic (exact) mass is 488 g/mol. The van der Waals surface area contributed by atoms with Gasteiger partial charge >= 0.3 is 0 Å². The molecule has 2 aromatic rings. The Balaban J connectivity index is 1.36. The van der Waals surface area contributed by atoms with Crippen LogP contribution in [-0.2, 0) is 16.1 Å². The number of halogens is 1. The Labute approximate surface area is 204 Å². The van der Waals surface area contributed by atoms with E-state index in [1.54, 1.807) is 18.2 Å². The van der Waals surface area contributed by atoms with E-state index < -0.39 is 5.82 Å². The number of ether oxygens (including phenoxy) is 2. The Bertz CT molecular complexity index is 1010. The van der Waals surface area contributed by atoms with Crippen LogP contribution < -0.4 is 4.74 Å². The number of amides is 1. The maximum atomic E-state index is 14.1. The van der Waals surface area contributed by atoms with Crippen molar-refractivity contribution >= 4 is 17.7 Å². The van der Waals surface area contributed by atoms with E-state index in [9.17, 15) is 9.18 Å². The summed E-state index contributed by atoms with van der Waals surface area (Å²) < 4.78 is 27.5. The number of fused-ring (bicyclic) bond motifs is 2. The quantitative estimate of drug-likeness (QED) is 0.515. The van der Waals surface area contributed by atoms with Crippen LogP contribution in [0.25, 0.3) is 0 Å². The third-order valence-electron chi connectivity index (χ3n) is 7.70. The zero-order chi connectivity index (χ0) is 23.7. The normalized spacial score (nSPS) is 26.0. The van der Waals surface area contributed by atoms with Crippen molar-refractivity contribution in [1.29, 1.82) is 0 Å². The van der Waals surface area contributed by atoms with Crippen LogP contribution in [0.15, 0.2) is 29.4 Å². The molecule has 34 heavy (non-hydrogen) atoms. The first-order valence-corrected chi connectivity index (χ1v) is 13.2. The smallest absolute Gasteiger partial charge is 0.236 e. The number of para-hydroxylation sites is 1. The second-order valence-electron chi connectivity index (χ2n) is 9.76. The molecule has 3 fully saturated rings. The Hall–Kier alpha value is -2.13. The number of morpholine rings is 1. The number of thioether (sulfide) groups is 1. The van der Waals surface area contributed by atoms with E-state index in [-0.39, 0.29) is 29.6 Å². The SMILES string of the molecule is C[C@H](Sc1nnc(COc2ccccc2F)n1[C@H](C)[C@@H]1C[C@@H]2CC[C@@H]1C2)C(=O)N1CCOCC1. The average molecular weight is 489 g/mol. The predicted molar refractivity (Wildman–Crippen MR) is 127 cm³/mol. The fourth-order valence-corrected chi connectivity index (χ4v) is 6.96. The molecule has 1 aromatic heterocycles. The molecule has 1 amide bonds. The molecule has 0 unspecified atom stereocenters. The standard InChI is InChI=1S/C25H33FN4O3S/c1-16(20-14-18-7-8-19(20)13-18)30-23(15-33-22-6-4-3-5-21(22)26)27-28-25(30)34-17(2)24(31)29-9-11-32-12-10-29/h3-6,16-20H,7-15H2,1-2H3/t16-,17+,18-,19-,20+/m1/s1. The van der Waals surface area contributed by atoms with E-state index in [1.807, 2.05) is 11.8 Å². The number of carbonyl (C=O) groups is 1. The summed E-state index contributed by atoms with van der Waals surface area (Å²) in [6, 6.07) is 6.59. The van der Waals surface area contributed by atoms with Gasteiger partial charge in [0.25, 0.3) is 0 Å². The number of nitrogens with zero attached hydrogens (tertiary/aromatic N) is 4. The van der Waals surface area contributed by atoms with Gasteiger partial charge in [-0.05, 0) is 63.0 Å². The number of carbonyl (C=O) groups excluding carboxylic acids is 1. The fourth-order valence-electron chi connectivity index (χ4n) is 5.92. The molecular formula is C25H33FN4O3S. The molecule has 9 heteroatoms. The summed E-state index contributed by atoms with van der Waals surface area (Å²) >= 11 is 1.45. The largest absolute Gasteiger partial charge is 0.483 e. The minimum Gasteiger partial charge on any atom is -0.483 e. The van der Waals surface area contributed by atoms with Crippen LogP contribution in [-0.4, -0.2) is 57.1 Å². The van der Waals surface area contributed by atoms with Crippen molar-refractivity contribution in [1.82, 2.24) is 19.7 Å². The molecule has 0 spiro atoms. The second-order valence-corrected chi connectivity index (χ2v) is 11.1. The molecule has 2 saturated carbocycles. The lowest BCUT2D eigenvalue weighted by Crippen LogP contribution is -2.44. The minimum absolute atomic E-state index is 0.0968. The Morgan fingerprint density at radius 3 is 2.71 bits per heavy atom. The Morgan fingerprint density at radius 2 is 2.00 bits per heavy atom. The van der Waals surface area contributed by atoms with Crippen molar-refractivity contribution in [2.45, 2.75) is 62.6 Å². The summed E-state index contributed by atoms with van der Waals surface area (Å²) in [5.74, 6) is 2.69. The van der Waals surface area contributed by atoms with Crippen LogP contribution in [0.2, 0.25) is 0 Å². The summed E-state index contributed by atoms with van der Waals surface area (Å²) in [6.45, 7) is 6.71. The number of hydrogen-bond acceptors (Lipinski definition) is 6. The van der Waals surface area contributed by atoms with Crippen molar-refractivity contribution in [3.05, 3.63) is 35.9 Å². The highest BCUT2D eigenvalue weighted by molar-refractivity contribution is 8.00. The van der Waals surface area contributed by atoms with Gasteiger partial charge in [0.05, 0.1) is 18.5 Å². The molecule has 184 valence electrons.